The first-order valence-corrected chi connectivity index (χ1v) is 17.8. The molecule has 0 bridgehead atoms. The summed E-state index contributed by atoms with van der Waals surface area (Å²) >= 11 is 0. The van der Waals surface area contributed by atoms with Crippen molar-refractivity contribution in [2.75, 3.05) is 4.90 Å². The summed E-state index contributed by atoms with van der Waals surface area (Å²) in [6.45, 7) is 0. The zero-order valence-electron chi connectivity index (χ0n) is 32.5. The maximum atomic E-state index is 9.75. The van der Waals surface area contributed by atoms with Gasteiger partial charge in [-0.05, 0) is 87.9 Å². The molecule has 3 nitrogen and oxygen atoms in total. The zero-order valence-corrected chi connectivity index (χ0v) is 28.5. The molecule has 0 spiro atoms. The molecule has 0 amide bonds. The van der Waals surface area contributed by atoms with E-state index in [1.807, 2.05) is 100 Å². The zero-order chi connectivity index (χ0) is 38.4. The molecule has 0 saturated heterocycles. The number of nitrogens with zero attached hydrogens (tertiary/aromatic N) is 2. The first-order chi connectivity index (χ1) is 28.0. The van der Waals surface area contributed by atoms with Crippen LogP contribution in [-0.2, 0) is 0 Å². The van der Waals surface area contributed by atoms with E-state index >= 15 is 0 Å². The molecule has 9 aromatic carbocycles. The average molecular weight is 681 g/mol. The number of aromatic nitrogens is 1. The number of hydrogen-bond donors (Lipinski definition) is 0. The van der Waals surface area contributed by atoms with E-state index in [0.717, 1.165) is 76.8 Å². The Labute approximate surface area is 311 Å². The van der Waals surface area contributed by atoms with Crippen LogP contribution in [0.15, 0.2) is 198 Å². The second-order valence-electron chi connectivity index (χ2n) is 13.4. The van der Waals surface area contributed by atoms with E-state index in [0.29, 0.717) is 17.0 Å². The van der Waals surface area contributed by atoms with Gasteiger partial charge < -0.3 is 13.9 Å². The summed E-state index contributed by atoms with van der Waals surface area (Å²) in [6.07, 6.45) is 0. The van der Waals surface area contributed by atoms with Crippen LogP contribution in [0, 0.1) is 0 Å². The summed E-state index contributed by atoms with van der Waals surface area (Å²) in [6, 6.07) is 56.5. The third-order valence-corrected chi connectivity index (χ3v) is 10.5. The number of benzene rings is 9. The molecule has 0 N–H and O–H groups in total. The van der Waals surface area contributed by atoms with Crippen molar-refractivity contribution in [3.8, 4) is 16.8 Å². The minimum atomic E-state index is -0.312. The maximum Gasteiger partial charge on any atom is 0.143 e. The van der Waals surface area contributed by atoms with Crippen LogP contribution in [0.4, 0.5) is 17.1 Å². The Morgan fingerprint density at radius 3 is 1.91 bits per heavy atom. The van der Waals surface area contributed by atoms with Crippen molar-refractivity contribution in [2.45, 2.75) is 0 Å². The lowest BCUT2D eigenvalue weighted by Crippen LogP contribution is -2.13. The average Bonchev–Trinajstić information content (AvgIpc) is 3.82. The van der Waals surface area contributed by atoms with Gasteiger partial charge in [-0.3, -0.25) is 0 Å². The van der Waals surface area contributed by atoms with Crippen molar-refractivity contribution < 1.29 is 9.90 Å². The molecule has 3 heteroatoms. The molecule has 2 aromatic heterocycles. The van der Waals surface area contributed by atoms with Crippen LogP contribution >= 0.6 is 0 Å². The molecule has 0 radical (unpaired) electrons. The molecule has 2 heterocycles. The molecule has 0 saturated carbocycles. The molecule has 0 unspecified atom stereocenters. The van der Waals surface area contributed by atoms with Crippen LogP contribution in [0.1, 0.15) is 5.48 Å². The predicted octanol–water partition coefficient (Wildman–Crippen LogP) is 14.1. The predicted molar refractivity (Wildman–Crippen MR) is 223 cm³/mol. The fourth-order valence-electron chi connectivity index (χ4n) is 8.07. The summed E-state index contributed by atoms with van der Waals surface area (Å²) in [5, 5.41) is 8.14. The summed E-state index contributed by atoms with van der Waals surface area (Å²) in [7, 11) is 0. The number of furan rings is 1. The van der Waals surface area contributed by atoms with E-state index in [4.69, 9.17) is 7.16 Å². The summed E-state index contributed by atoms with van der Waals surface area (Å²) in [5.41, 5.74) is 7.37. The van der Waals surface area contributed by atoms with E-state index in [1.54, 1.807) is 0 Å². The molecule has 0 aliphatic rings. The first-order valence-electron chi connectivity index (χ1n) is 19.8. The summed E-state index contributed by atoms with van der Waals surface area (Å²) in [5.74, 6) is 0. The number of para-hydroxylation sites is 4. The number of hydrogen-bond acceptors (Lipinski definition) is 2. The van der Waals surface area contributed by atoms with Crippen LogP contribution in [0.5, 0.6) is 0 Å². The smallest absolute Gasteiger partial charge is 0.143 e. The van der Waals surface area contributed by atoms with Crippen LogP contribution in [0.25, 0.3) is 82.1 Å². The normalized spacial score (nSPS) is 12.8. The second-order valence-corrected chi connectivity index (χ2v) is 13.4. The van der Waals surface area contributed by atoms with Gasteiger partial charge in [0.25, 0.3) is 0 Å². The third-order valence-electron chi connectivity index (χ3n) is 10.5. The SMILES string of the molecule is [2H]c1c([2H])c([2H])c(-n2c3ccccc3c3ccccc32)c(N(c2ccc(-c3ccc4ccccc4c3)cc2)c2cccc3oc4c5ccccc5ccc4c23)c1[2H]. The van der Waals surface area contributed by atoms with Crippen molar-refractivity contribution in [1.29, 1.82) is 0 Å². The lowest BCUT2D eigenvalue weighted by molar-refractivity contribution is 0.672. The lowest BCUT2D eigenvalue weighted by Gasteiger charge is -2.29. The van der Waals surface area contributed by atoms with Gasteiger partial charge in [0.15, 0.2) is 0 Å². The van der Waals surface area contributed by atoms with Gasteiger partial charge >= 0.3 is 0 Å². The molecule has 0 aliphatic carbocycles. The number of fused-ring (bicyclic) bond motifs is 9. The Morgan fingerprint density at radius 2 is 1.11 bits per heavy atom. The van der Waals surface area contributed by atoms with Crippen molar-refractivity contribution in [3.63, 3.8) is 0 Å². The van der Waals surface area contributed by atoms with E-state index in [-0.39, 0.29) is 24.2 Å². The fourth-order valence-corrected chi connectivity index (χ4v) is 8.07. The van der Waals surface area contributed by atoms with E-state index < -0.39 is 0 Å². The maximum absolute atomic E-state index is 9.75. The van der Waals surface area contributed by atoms with Crippen molar-refractivity contribution in [3.05, 3.63) is 194 Å². The van der Waals surface area contributed by atoms with Crippen molar-refractivity contribution in [1.82, 2.24) is 4.57 Å². The first kappa shape index (κ1) is 25.8. The largest absolute Gasteiger partial charge is 0.455 e. The molecule has 248 valence electrons. The van der Waals surface area contributed by atoms with Gasteiger partial charge in [0.2, 0.25) is 0 Å². The van der Waals surface area contributed by atoms with Crippen LogP contribution < -0.4 is 4.90 Å². The summed E-state index contributed by atoms with van der Waals surface area (Å²) in [4.78, 5) is 1.99. The number of rotatable bonds is 5. The minimum Gasteiger partial charge on any atom is -0.455 e. The summed E-state index contributed by atoms with van der Waals surface area (Å²) < 4.78 is 46.2. The van der Waals surface area contributed by atoms with Crippen LogP contribution in [0.2, 0.25) is 0 Å². The highest BCUT2D eigenvalue weighted by molar-refractivity contribution is 6.20. The molecule has 0 atom stereocenters. The van der Waals surface area contributed by atoms with Gasteiger partial charge in [0.1, 0.15) is 11.2 Å². The van der Waals surface area contributed by atoms with Crippen LogP contribution in [-0.4, -0.2) is 4.57 Å². The van der Waals surface area contributed by atoms with Gasteiger partial charge in [-0.15, -0.1) is 0 Å². The molecule has 11 rings (SSSR count). The highest BCUT2D eigenvalue weighted by Crippen LogP contribution is 2.47. The van der Waals surface area contributed by atoms with Gasteiger partial charge in [0.05, 0.1) is 39.0 Å². The van der Waals surface area contributed by atoms with Gasteiger partial charge in [0, 0.05) is 27.2 Å². The fraction of sp³-hybridized carbons (Fsp3) is 0. The topological polar surface area (TPSA) is 21.3 Å². The standard InChI is InChI=1S/C50H32N2O/c1-2-14-36-32-37(25-24-33(36)12-1)34-26-29-38(30-27-34)51(47-22-11-23-48-49(47)42-31-28-35-13-3-4-15-39(35)50(42)53-48)45-20-9-10-21-46(45)52-43-18-7-5-16-40(43)41-17-6-8-19-44(41)52/h1-32H/i9D,10D,20D,21D. The monoisotopic (exact) mass is 680 g/mol. The Morgan fingerprint density at radius 1 is 0.472 bits per heavy atom. The molecular weight excluding hydrogens is 645 g/mol. The second kappa shape index (κ2) is 11.7. The quantitative estimate of drug-likeness (QED) is 0.180. The molecule has 0 aliphatic heterocycles. The molecule has 11 aromatic rings. The Bertz CT molecular complexity index is 3370. The Balaban J connectivity index is 1.24. The molecule has 53 heavy (non-hydrogen) atoms. The Kier molecular flexibility index (Phi) is 5.71. The van der Waals surface area contributed by atoms with Crippen molar-refractivity contribution in [2.24, 2.45) is 0 Å². The van der Waals surface area contributed by atoms with E-state index in [1.165, 1.54) is 5.39 Å². The molecule has 0 fully saturated rings. The highest BCUT2D eigenvalue weighted by Gasteiger charge is 2.24. The third kappa shape index (κ3) is 4.61. The van der Waals surface area contributed by atoms with Gasteiger partial charge in [-0.25, -0.2) is 0 Å². The number of anilines is 3. The van der Waals surface area contributed by atoms with E-state index in [9.17, 15) is 2.74 Å². The highest BCUT2D eigenvalue weighted by atomic mass is 16.3. The minimum absolute atomic E-state index is 0.134. The molecular formula is C50H32N2O. The Hall–Kier alpha value is -7.10. The van der Waals surface area contributed by atoms with Gasteiger partial charge in [-0.1, -0.05) is 133 Å². The van der Waals surface area contributed by atoms with E-state index in [2.05, 4.69) is 78.9 Å². The van der Waals surface area contributed by atoms with Gasteiger partial charge in [-0.2, -0.15) is 0 Å². The lowest BCUT2D eigenvalue weighted by atomic mass is 10.0. The van der Waals surface area contributed by atoms with Crippen molar-refractivity contribution >= 4 is 82.4 Å². The van der Waals surface area contributed by atoms with Crippen LogP contribution in [0.3, 0.4) is 0 Å².